The summed E-state index contributed by atoms with van der Waals surface area (Å²) in [5.74, 6) is 0. The summed E-state index contributed by atoms with van der Waals surface area (Å²) in [6.07, 6.45) is 1.98. The fourth-order valence-corrected chi connectivity index (χ4v) is 1.58. The lowest BCUT2D eigenvalue weighted by molar-refractivity contribution is 0.468. The number of hydrogen-bond donors (Lipinski definition) is 2. The second-order valence-electron chi connectivity index (χ2n) is 2.43. The molecule has 0 amide bonds. The molecule has 0 atom stereocenters. The van der Waals surface area contributed by atoms with E-state index in [0.29, 0.717) is 5.70 Å². The SMILES string of the molecule is CCc1csc(NC(C)=CO)n1. The van der Waals surface area contributed by atoms with Gasteiger partial charge in [0.15, 0.2) is 5.13 Å². The topological polar surface area (TPSA) is 45.1 Å². The Hall–Kier alpha value is -1.03. The summed E-state index contributed by atoms with van der Waals surface area (Å²) in [6, 6.07) is 0. The number of nitrogens with one attached hydrogen (secondary N) is 1. The summed E-state index contributed by atoms with van der Waals surface area (Å²) in [7, 11) is 0. The van der Waals surface area contributed by atoms with Crippen molar-refractivity contribution in [3.8, 4) is 0 Å². The minimum absolute atomic E-state index is 0.701. The Labute approximate surface area is 75.8 Å². The van der Waals surface area contributed by atoms with Gasteiger partial charge in [0, 0.05) is 11.1 Å². The number of aromatic nitrogens is 1. The minimum Gasteiger partial charge on any atom is -0.514 e. The highest BCUT2D eigenvalue weighted by atomic mass is 32.1. The maximum Gasteiger partial charge on any atom is 0.187 e. The Bertz CT molecular complexity index is 280. The first-order chi connectivity index (χ1) is 5.76. The summed E-state index contributed by atoms with van der Waals surface area (Å²) in [5, 5.41) is 14.4. The lowest BCUT2D eigenvalue weighted by Crippen LogP contribution is -1.94. The standard InChI is InChI=1S/C8H12N2OS/c1-3-7-5-12-8(10-7)9-6(2)4-11/h4-5,11H,3H2,1-2H3,(H,9,10). The first kappa shape index (κ1) is 9.06. The Morgan fingerprint density at radius 2 is 2.58 bits per heavy atom. The van der Waals surface area contributed by atoms with Crippen LogP contribution in [-0.4, -0.2) is 10.1 Å². The van der Waals surface area contributed by atoms with Crippen molar-refractivity contribution in [2.45, 2.75) is 20.3 Å². The smallest absolute Gasteiger partial charge is 0.187 e. The van der Waals surface area contributed by atoms with Crippen LogP contribution in [0.25, 0.3) is 0 Å². The predicted molar refractivity (Wildman–Crippen MR) is 51.5 cm³/mol. The Kier molecular flexibility index (Phi) is 3.10. The van der Waals surface area contributed by atoms with E-state index in [1.807, 2.05) is 5.38 Å². The molecule has 0 saturated carbocycles. The highest BCUT2D eigenvalue weighted by Crippen LogP contribution is 2.16. The average molecular weight is 184 g/mol. The van der Waals surface area contributed by atoms with E-state index in [0.717, 1.165) is 23.5 Å². The summed E-state index contributed by atoms with van der Waals surface area (Å²) in [4.78, 5) is 4.27. The zero-order valence-corrected chi connectivity index (χ0v) is 7.98. The maximum atomic E-state index is 8.61. The number of thiazole rings is 1. The van der Waals surface area contributed by atoms with Crippen molar-refractivity contribution < 1.29 is 5.11 Å². The molecule has 2 N–H and O–H groups in total. The number of aryl methyl sites for hydroxylation is 1. The van der Waals surface area contributed by atoms with Gasteiger partial charge in [0.25, 0.3) is 0 Å². The molecule has 1 rings (SSSR count). The monoisotopic (exact) mass is 184 g/mol. The van der Waals surface area contributed by atoms with E-state index >= 15 is 0 Å². The van der Waals surface area contributed by atoms with Crippen LogP contribution in [0, 0.1) is 0 Å². The van der Waals surface area contributed by atoms with Gasteiger partial charge in [-0.1, -0.05) is 6.92 Å². The zero-order chi connectivity index (χ0) is 8.97. The molecule has 0 aliphatic rings. The normalized spacial score (nSPS) is 11.7. The lowest BCUT2D eigenvalue weighted by Gasteiger charge is -1.98. The van der Waals surface area contributed by atoms with Gasteiger partial charge in [0.2, 0.25) is 0 Å². The van der Waals surface area contributed by atoms with Gasteiger partial charge in [0.05, 0.1) is 12.0 Å². The predicted octanol–water partition coefficient (Wildman–Crippen LogP) is 2.54. The van der Waals surface area contributed by atoms with E-state index in [-0.39, 0.29) is 0 Å². The van der Waals surface area contributed by atoms with Crippen LogP contribution in [0.2, 0.25) is 0 Å². The van der Waals surface area contributed by atoms with Gasteiger partial charge < -0.3 is 10.4 Å². The first-order valence-electron chi connectivity index (χ1n) is 3.78. The van der Waals surface area contributed by atoms with E-state index in [2.05, 4.69) is 17.2 Å². The van der Waals surface area contributed by atoms with Crippen LogP contribution in [0.4, 0.5) is 5.13 Å². The quantitative estimate of drug-likeness (QED) is 0.709. The van der Waals surface area contributed by atoms with Crippen molar-refractivity contribution in [3.05, 3.63) is 23.0 Å². The second-order valence-corrected chi connectivity index (χ2v) is 3.29. The number of rotatable bonds is 3. The number of anilines is 1. The molecule has 0 aromatic carbocycles. The van der Waals surface area contributed by atoms with E-state index in [1.165, 1.54) is 0 Å². The van der Waals surface area contributed by atoms with Crippen LogP contribution < -0.4 is 5.32 Å². The molecule has 1 aromatic rings. The number of hydrogen-bond acceptors (Lipinski definition) is 4. The number of allylic oxidation sites excluding steroid dienone is 1. The molecule has 66 valence electrons. The number of nitrogens with zero attached hydrogens (tertiary/aromatic N) is 1. The number of aliphatic hydroxyl groups excluding tert-OH is 1. The van der Waals surface area contributed by atoms with Crippen molar-refractivity contribution in [1.29, 1.82) is 0 Å². The summed E-state index contributed by atoms with van der Waals surface area (Å²) >= 11 is 1.54. The zero-order valence-electron chi connectivity index (χ0n) is 7.16. The Balaban J connectivity index is 2.64. The largest absolute Gasteiger partial charge is 0.514 e. The molecule has 0 radical (unpaired) electrons. The molecule has 1 aromatic heterocycles. The van der Waals surface area contributed by atoms with Crippen LogP contribution in [0.3, 0.4) is 0 Å². The third-order valence-electron chi connectivity index (χ3n) is 1.41. The van der Waals surface area contributed by atoms with Crippen molar-refractivity contribution in [1.82, 2.24) is 4.98 Å². The Morgan fingerprint density at radius 3 is 3.08 bits per heavy atom. The first-order valence-corrected chi connectivity index (χ1v) is 4.66. The summed E-state index contributed by atoms with van der Waals surface area (Å²) in [5.41, 5.74) is 1.78. The number of aliphatic hydroxyl groups is 1. The molecule has 0 bridgehead atoms. The molecule has 1 heterocycles. The van der Waals surface area contributed by atoms with Crippen LogP contribution >= 0.6 is 11.3 Å². The molecule has 0 aliphatic carbocycles. The van der Waals surface area contributed by atoms with Gasteiger partial charge >= 0.3 is 0 Å². The van der Waals surface area contributed by atoms with Gasteiger partial charge in [-0.05, 0) is 13.3 Å². The fourth-order valence-electron chi connectivity index (χ4n) is 0.728. The molecule has 0 spiro atoms. The van der Waals surface area contributed by atoms with Crippen LogP contribution in [0.5, 0.6) is 0 Å². The summed E-state index contributed by atoms with van der Waals surface area (Å²) in [6.45, 7) is 3.85. The second kappa shape index (κ2) is 4.11. The van der Waals surface area contributed by atoms with E-state index in [9.17, 15) is 0 Å². The van der Waals surface area contributed by atoms with Gasteiger partial charge in [-0.15, -0.1) is 11.3 Å². The molecule has 0 fully saturated rings. The van der Waals surface area contributed by atoms with Crippen molar-refractivity contribution in [3.63, 3.8) is 0 Å². The van der Waals surface area contributed by atoms with E-state index in [4.69, 9.17) is 5.11 Å². The van der Waals surface area contributed by atoms with Crippen LogP contribution in [0.15, 0.2) is 17.3 Å². The molecule has 12 heavy (non-hydrogen) atoms. The van der Waals surface area contributed by atoms with Crippen LogP contribution in [0.1, 0.15) is 19.5 Å². The Morgan fingerprint density at radius 1 is 1.83 bits per heavy atom. The van der Waals surface area contributed by atoms with Gasteiger partial charge in [-0.3, -0.25) is 0 Å². The third-order valence-corrected chi connectivity index (χ3v) is 2.22. The van der Waals surface area contributed by atoms with Crippen LogP contribution in [-0.2, 0) is 6.42 Å². The summed E-state index contributed by atoms with van der Waals surface area (Å²) < 4.78 is 0. The molecule has 0 unspecified atom stereocenters. The fraction of sp³-hybridized carbons (Fsp3) is 0.375. The van der Waals surface area contributed by atoms with E-state index < -0.39 is 0 Å². The molecule has 0 saturated heterocycles. The van der Waals surface area contributed by atoms with Crippen molar-refractivity contribution in [2.24, 2.45) is 0 Å². The van der Waals surface area contributed by atoms with Crippen molar-refractivity contribution >= 4 is 16.5 Å². The van der Waals surface area contributed by atoms with Crippen molar-refractivity contribution in [2.75, 3.05) is 5.32 Å². The minimum atomic E-state index is 0.701. The molecular weight excluding hydrogens is 172 g/mol. The average Bonchev–Trinajstić information content (AvgIpc) is 2.52. The molecule has 4 heteroatoms. The third kappa shape index (κ3) is 2.23. The van der Waals surface area contributed by atoms with Gasteiger partial charge in [-0.25, -0.2) is 4.98 Å². The molecule has 0 aliphatic heterocycles. The molecular formula is C8H12N2OS. The van der Waals surface area contributed by atoms with Gasteiger partial charge in [0.1, 0.15) is 0 Å². The lowest BCUT2D eigenvalue weighted by atomic mass is 10.4. The molecule has 3 nitrogen and oxygen atoms in total. The maximum absolute atomic E-state index is 8.61. The highest BCUT2D eigenvalue weighted by Gasteiger charge is 1.98. The highest BCUT2D eigenvalue weighted by molar-refractivity contribution is 7.13. The van der Waals surface area contributed by atoms with Gasteiger partial charge in [-0.2, -0.15) is 0 Å². The van der Waals surface area contributed by atoms with E-state index in [1.54, 1.807) is 18.3 Å².